The molecule has 0 aliphatic carbocycles. The highest BCUT2D eigenvalue weighted by atomic mass is 16.5. The molecule has 1 N–H and O–H groups in total. The topological polar surface area (TPSA) is 77.9 Å². The van der Waals surface area contributed by atoms with Crippen molar-refractivity contribution in [2.45, 2.75) is 13.1 Å². The van der Waals surface area contributed by atoms with Gasteiger partial charge in [0.1, 0.15) is 17.0 Å². The highest BCUT2D eigenvalue weighted by Crippen LogP contribution is 2.28. The molecule has 0 atom stereocenters. The number of hydrogen-bond acceptors (Lipinski definition) is 6. The molecule has 1 fully saturated rings. The van der Waals surface area contributed by atoms with Crippen molar-refractivity contribution >= 4 is 16.8 Å². The third kappa shape index (κ3) is 4.65. The number of fused-ring (bicyclic) bond motifs is 1. The van der Waals surface area contributed by atoms with Gasteiger partial charge in [-0.3, -0.25) is 14.4 Å². The van der Waals surface area contributed by atoms with Crippen LogP contribution in [0.5, 0.6) is 11.5 Å². The quantitative estimate of drug-likeness (QED) is 0.598. The summed E-state index contributed by atoms with van der Waals surface area (Å²) in [7, 11) is 3.26. The number of aromatic nitrogens is 2. The van der Waals surface area contributed by atoms with Crippen LogP contribution in [0.2, 0.25) is 0 Å². The van der Waals surface area contributed by atoms with Gasteiger partial charge in [0.25, 0.3) is 5.91 Å². The Labute approximate surface area is 181 Å². The van der Waals surface area contributed by atoms with Crippen LogP contribution in [0.3, 0.4) is 0 Å². The van der Waals surface area contributed by atoms with Gasteiger partial charge in [-0.25, -0.2) is 0 Å². The van der Waals surface area contributed by atoms with E-state index >= 15 is 0 Å². The lowest BCUT2D eigenvalue weighted by Gasteiger charge is -2.26. The monoisotopic (exact) mass is 424 g/mol. The number of ether oxygens (including phenoxy) is 3. The average molecular weight is 425 g/mol. The number of para-hydroxylation sites is 2. The zero-order valence-corrected chi connectivity index (χ0v) is 18.0. The van der Waals surface area contributed by atoms with Gasteiger partial charge in [0.15, 0.2) is 5.69 Å². The molecule has 0 saturated carbocycles. The molecule has 1 aliphatic heterocycles. The smallest absolute Gasteiger partial charge is 0.272 e. The van der Waals surface area contributed by atoms with Gasteiger partial charge in [-0.15, -0.1) is 0 Å². The van der Waals surface area contributed by atoms with E-state index in [0.29, 0.717) is 24.5 Å². The number of morpholine rings is 1. The summed E-state index contributed by atoms with van der Waals surface area (Å²) in [5.41, 5.74) is 2.14. The fraction of sp³-hybridized carbons (Fsp3) is 0.391. The van der Waals surface area contributed by atoms with E-state index in [2.05, 4.69) is 15.3 Å². The van der Waals surface area contributed by atoms with Crippen LogP contribution in [0.4, 0.5) is 0 Å². The lowest BCUT2D eigenvalue weighted by atomic mass is 10.1. The molecule has 2 heterocycles. The number of nitrogens with one attached hydrogen (secondary N) is 1. The molecule has 4 rings (SSSR count). The Morgan fingerprint density at radius 1 is 1.03 bits per heavy atom. The van der Waals surface area contributed by atoms with Gasteiger partial charge < -0.3 is 19.5 Å². The first-order valence-electron chi connectivity index (χ1n) is 10.4. The van der Waals surface area contributed by atoms with Gasteiger partial charge in [0, 0.05) is 37.1 Å². The summed E-state index contributed by atoms with van der Waals surface area (Å²) in [5, 5.41) is 8.43. The molecular weight excluding hydrogens is 396 g/mol. The van der Waals surface area contributed by atoms with Gasteiger partial charge in [0.05, 0.1) is 34.0 Å². The molecule has 1 amide bonds. The van der Waals surface area contributed by atoms with Gasteiger partial charge in [-0.1, -0.05) is 30.3 Å². The molecule has 1 aliphatic rings. The second-order valence-electron chi connectivity index (χ2n) is 7.38. The Kier molecular flexibility index (Phi) is 6.69. The number of carbonyl (C=O) groups excluding carboxylic acids is 1. The van der Waals surface area contributed by atoms with Crippen LogP contribution >= 0.6 is 0 Å². The maximum Gasteiger partial charge on any atom is 0.272 e. The summed E-state index contributed by atoms with van der Waals surface area (Å²) in [4.78, 5) is 15.4. The summed E-state index contributed by atoms with van der Waals surface area (Å²) in [5.74, 6) is 1.22. The predicted octanol–water partition coefficient (Wildman–Crippen LogP) is 2.32. The lowest BCUT2D eigenvalue weighted by Crippen LogP contribution is -2.38. The second-order valence-corrected chi connectivity index (χ2v) is 7.38. The molecule has 31 heavy (non-hydrogen) atoms. The lowest BCUT2D eigenvalue weighted by molar-refractivity contribution is 0.0361. The van der Waals surface area contributed by atoms with E-state index in [1.807, 2.05) is 47.1 Å². The third-order valence-electron chi connectivity index (χ3n) is 5.53. The summed E-state index contributed by atoms with van der Waals surface area (Å²) in [6.45, 7) is 5.16. The van der Waals surface area contributed by atoms with Crippen molar-refractivity contribution in [2.24, 2.45) is 0 Å². The number of rotatable bonds is 8. The molecule has 8 nitrogen and oxygen atoms in total. The second kappa shape index (κ2) is 9.80. The molecule has 0 spiro atoms. The fourth-order valence-corrected chi connectivity index (χ4v) is 3.87. The largest absolute Gasteiger partial charge is 0.496 e. The van der Waals surface area contributed by atoms with Gasteiger partial charge in [-0.2, -0.15) is 5.10 Å². The Balaban J connectivity index is 1.57. The molecule has 1 aromatic heterocycles. The van der Waals surface area contributed by atoms with Crippen LogP contribution in [0, 0.1) is 0 Å². The standard InChI is InChI=1S/C23H28N4O4/c1-29-19-8-4-3-6-17(19)16-24-23(28)21-18-7-5-9-20(30-2)22(18)27(25-21)11-10-26-12-14-31-15-13-26/h3-9H,10-16H2,1-2H3,(H,24,28). The number of hydrogen-bond donors (Lipinski definition) is 1. The van der Waals surface area contributed by atoms with E-state index in [4.69, 9.17) is 14.2 Å². The van der Waals surface area contributed by atoms with Crippen molar-refractivity contribution in [1.82, 2.24) is 20.0 Å². The molecular formula is C23H28N4O4. The number of methoxy groups -OCH3 is 2. The van der Waals surface area contributed by atoms with Crippen molar-refractivity contribution < 1.29 is 19.0 Å². The van der Waals surface area contributed by atoms with E-state index in [9.17, 15) is 4.79 Å². The zero-order valence-electron chi connectivity index (χ0n) is 18.0. The molecule has 0 unspecified atom stereocenters. The molecule has 0 bridgehead atoms. The van der Waals surface area contributed by atoms with Gasteiger partial charge in [-0.05, 0) is 12.1 Å². The number of nitrogens with zero attached hydrogens (tertiary/aromatic N) is 3. The molecule has 2 aromatic carbocycles. The van der Waals surface area contributed by atoms with Gasteiger partial charge >= 0.3 is 0 Å². The van der Waals surface area contributed by atoms with E-state index < -0.39 is 0 Å². The minimum Gasteiger partial charge on any atom is -0.496 e. The first-order valence-corrected chi connectivity index (χ1v) is 10.4. The van der Waals surface area contributed by atoms with E-state index in [-0.39, 0.29) is 5.91 Å². The van der Waals surface area contributed by atoms with Crippen molar-refractivity contribution in [3.8, 4) is 11.5 Å². The fourth-order valence-electron chi connectivity index (χ4n) is 3.87. The normalized spacial score (nSPS) is 14.5. The van der Waals surface area contributed by atoms with E-state index in [0.717, 1.165) is 55.1 Å². The molecule has 0 radical (unpaired) electrons. The number of benzene rings is 2. The minimum atomic E-state index is -0.228. The van der Waals surface area contributed by atoms with Crippen molar-refractivity contribution in [3.05, 3.63) is 53.7 Å². The summed E-state index contributed by atoms with van der Waals surface area (Å²) in [6.07, 6.45) is 0. The minimum absolute atomic E-state index is 0.228. The zero-order chi connectivity index (χ0) is 21.6. The van der Waals surface area contributed by atoms with Gasteiger partial charge in [0.2, 0.25) is 0 Å². The van der Waals surface area contributed by atoms with Crippen molar-refractivity contribution in [1.29, 1.82) is 0 Å². The molecule has 3 aromatic rings. The highest BCUT2D eigenvalue weighted by Gasteiger charge is 2.21. The average Bonchev–Trinajstić information content (AvgIpc) is 3.21. The summed E-state index contributed by atoms with van der Waals surface area (Å²) < 4.78 is 18.3. The highest BCUT2D eigenvalue weighted by molar-refractivity contribution is 6.06. The summed E-state index contributed by atoms with van der Waals surface area (Å²) >= 11 is 0. The third-order valence-corrected chi connectivity index (χ3v) is 5.53. The first kappa shape index (κ1) is 21.1. The predicted molar refractivity (Wildman–Crippen MR) is 118 cm³/mol. The van der Waals surface area contributed by atoms with E-state index in [1.54, 1.807) is 14.2 Å². The van der Waals surface area contributed by atoms with E-state index in [1.165, 1.54) is 0 Å². The van der Waals surface area contributed by atoms with Crippen molar-refractivity contribution in [2.75, 3.05) is 47.1 Å². The Morgan fingerprint density at radius 2 is 1.77 bits per heavy atom. The van der Waals surface area contributed by atoms with Crippen LogP contribution < -0.4 is 14.8 Å². The first-order chi connectivity index (χ1) is 15.2. The maximum absolute atomic E-state index is 13.1. The van der Waals surface area contributed by atoms with Crippen LogP contribution in [0.1, 0.15) is 16.1 Å². The molecule has 8 heteroatoms. The Morgan fingerprint density at radius 3 is 2.55 bits per heavy atom. The summed E-state index contributed by atoms with van der Waals surface area (Å²) in [6, 6.07) is 13.3. The SMILES string of the molecule is COc1ccccc1CNC(=O)c1nn(CCN2CCOCC2)c2c(OC)cccc12. The Hall–Kier alpha value is -3.10. The number of amides is 1. The Bertz CT molecular complexity index is 1040. The van der Waals surface area contributed by atoms with Crippen molar-refractivity contribution in [3.63, 3.8) is 0 Å². The van der Waals surface area contributed by atoms with Crippen LogP contribution in [0.25, 0.3) is 10.9 Å². The van der Waals surface area contributed by atoms with Crippen LogP contribution in [0.15, 0.2) is 42.5 Å². The van der Waals surface area contributed by atoms with Crippen LogP contribution in [-0.2, 0) is 17.8 Å². The molecule has 1 saturated heterocycles. The maximum atomic E-state index is 13.1. The molecule has 164 valence electrons. The van der Waals surface area contributed by atoms with Crippen LogP contribution in [-0.4, -0.2) is 67.7 Å². The number of carbonyl (C=O) groups is 1.